The first kappa shape index (κ1) is 20.6. The highest BCUT2D eigenvalue weighted by molar-refractivity contribution is 7.91. The maximum atomic E-state index is 13.6. The summed E-state index contributed by atoms with van der Waals surface area (Å²) in [6, 6.07) is 21.7. The van der Waals surface area contributed by atoms with Gasteiger partial charge >= 0.3 is 5.97 Å². The van der Waals surface area contributed by atoms with Gasteiger partial charge in [-0.15, -0.1) is 0 Å². The molecule has 1 aliphatic rings. The zero-order chi connectivity index (χ0) is 21.0. The van der Waals surface area contributed by atoms with Crippen molar-refractivity contribution in [3.05, 3.63) is 78.4 Å². The summed E-state index contributed by atoms with van der Waals surface area (Å²) in [4.78, 5) is 12.9. The van der Waals surface area contributed by atoms with E-state index >= 15 is 0 Å². The monoisotopic (exact) mass is 422 g/mol. The third-order valence-electron chi connectivity index (χ3n) is 5.80. The molecule has 1 fully saturated rings. The predicted octanol–water partition coefficient (Wildman–Crippen LogP) is 5.62. The van der Waals surface area contributed by atoms with Crippen LogP contribution in [0.25, 0.3) is 10.8 Å². The van der Waals surface area contributed by atoms with Crippen LogP contribution in [0.1, 0.15) is 49.3 Å². The average molecular weight is 423 g/mol. The van der Waals surface area contributed by atoms with E-state index in [4.69, 9.17) is 4.74 Å². The van der Waals surface area contributed by atoms with Crippen LogP contribution in [0.15, 0.2) is 77.7 Å². The summed E-state index contributed by atoms with van der Waals surface area (Å²) in [5.41, 5.74) is 0.603. The van der Waals surface area contributed by atoms with Gasteiger partial charge in [0.2, 0.25) is 0 Å². The van der Waals surface area contributed by atoms with Gasteiger partial charge in [-0.1, -0.05) is 67.1 Å². The Labute approximate surface area is 177 Å². The van der Waals surface area contributed by atoms with Gasteiger partial charge in [0.15, 0.2) is 9.84 Å². The lowest BCUT2D eigenvalue weighted by Gasteiger charge is -2.23. The van der Waals surface area contributed by atoms with Gasteiger partial charge in [-0.25, -0.2) is 8.42 Å². The fourth-order valence-corrected chi connectivity index (χ4v) is 5.90. The van der Waals surface area contributed by atoms with Gasteiger partial charge in [-0.05, 0) is 54.2 Å². The number of sulfone groups is 1. The molecule has 0 amide bonds. The molecule has 1 atom stereocenters. The molecule has 1 aliphatic carbocycles. The van der Waals surface area contributed by atoms with E-state index in [0.29, 0.717) is 5.56 Å². The van der Waals surface area contributed by atoms with Crippen LogP contribution in [-0.4, -0.2) is 20.5 Å². The second kappa shape index (κ2) is 9.00. The lowest BCUT2D eigenvalue weighted by molar-refractivity contribution is -0.150. The van der Waals surface area contributed by atoms with Gasteiger partial charge < -0.3 is 4.74 Å². The first-order valence-electron chi connectivity index (χ1n) is 10.5. The normalized spacial score (nSPS) is 16.3. The smallest absolute Gasteiger partial charge is 0.307 e. The molecule has 1 saturated carbocycles. The summed E-state index contributed by atoms with van der Waals surface area (Å²) < 4.78 is 32.8. The zero-order valence-corrected chi connectivity index (χ0v) is 17.7. The van der Waals surface area contributed by atoms with Gasteiger partial charge in [0.05, 0.1) is 11.3 Å². The van der Waals surface area contributed by atoms with Gasteiger partial charge in [0.1, 0.15) is 11.4 Å². The van der Waals surface area contributed by atoms with E-state index in [0.717, 1.165) is 42.9 Å². The molecule has 5 heteroatoms. The Hall–Kier alpha value is -2.66. The molecule has 4 nitrogen and oxygen atoms in total. The van der Waals surface area contributed by atoms with E-state index in [2.05, 4.69) is 0 Å². The van der Waals surface area contributed by atoms with E-state index < -0.39 is 21.1 Å². The van der Waals surface area contributed by atoms with Gasteiger partial charge in [0, 0.05) is 0 Å². The lowest BCUT2D eigenvalue weighted by Crippen LogP contribution is -2.24. The Balaban J connectivity index is 1.64. The summed E-state index contributed by atoms with van der Waals surface area (Å²) in [6.07, 6.45) is 4.71. The Morgan fingerprint density at radius 2 is 1.53 bits per heavy atom. The standard InChI is InChI=1S/C25H26O4S/c26-25(29-22-13-5-2-6-14-22)18-24(20-10-3-1-4-11-20)30(27,28)23-16-15-19-9-7-8-12-21(19)17-23/h1,3-4,7-12,15-17,22,24H,2,5-6,13-14,18H2. The first-order chi connectivity index (χ1) is 14.5. The van der Waals surface area contributed by atoms with E-state index in [1.807, 2.05) is 36.4 Å². The summed E-state index contributed by atoms with van der Waals surface area (Å²) in [6.45, 7) is 0. The highest BCUT2D eigenvalue weighted by Gasteiger charge is 2.33. The number of carbonyl (C=O) groups is 1. The van der Waals surface area contributed by atoms with Gasteiger partial charge in [-0.2, -0.15) is 0 Å². The van der Waals surface area contributed by atoms with Crippen LogP contribution in [0.4, 0.5) is 0 Å². The number of carbonyl (C=O) groups excluding carboxylic acids is 1. The Morgan fingerprint density at radius 3 is 2.27 bits per heavy atom. The number of esters is 1. The number of ether oxygens (including phenoxy) is 1. The average Bonchev–Trinajstić information content (AvgIpc) is 2.78. The van der Waals surface area contributed by atoms with Crippen LogP contribution >= 0.6 is 0 Å². The van der Waals surface area contributed by atoms with Crippen molar-refractivity contribution in [2.75, 3.05) is 0 Å². The van der Waals surface area contributed by atoms with Crippen molar-refractivity contribution in [1.29, 1.82) is 0 Å². The number of fused-ring (bicyclic) bond motifs is 1. The number of rotatable bonds is 6. The molecule has 3 aromatic rings. The minimum Gasteiger partial charge on any atom is -0.462 e. The van der Waals surface area contributed by atoms with Gasteiger partial charge in [-0.3, -0.25) is 4.79 Å². The maximum Gasteiger partial charge on any atom is 0.307 e. The number of hydrogen-bond donors (Lipinski definition) is 0. The second-order valence-electron chi connectivity index (χ2n) is 7.91. The molecule has 1 unspecified atom stereocenters. The fourth-order valence-electron chi connectivity index (χ4n) is 4.15. The third kappa shape index (κ3) is 4.57. The quantitative estimate of drug-likeness (QED) is 0.484. The minimum atomic E-state index is -3.78. The topological polar surface area (TPSA) is 60.4 Å². The Morgan fingerprint density at radius 1 is 0.867 bits per heavy atom. The minimum absolute atomic E-state index is 0.0916. The predicted molar refractivity (Wildman–Crippen MR) is 118 cm³/mol. The molecule has 0 heterocycles. The first-order valence-corrected chi connectivity index (χ1v) is 12.1. The Bertz CT molecular complexity index is 1120. The van der Waals surface area contributed by atoms with Crippen LogP contribution in [0.2, 0.25) is 0 Å². The molecule has 0 spiro atoms. The molecule has 0 aromatic heterocycles. The second-order valence-corrected chi connectivity index (χ2v) is 10.0. The van der Waals surface area contributed by atoms with Crippen molar-refractivity contribution in [3.63, 3.8) is 0 Å². The van der Waals surface area contributed by atoms with E-state index in [1.165, 1.54) is 0 Å². The summed E-state index contributed by atoms with van der Waals surface area (Å²) in [5.74, 6) is -0.444. The van der Waals surface area contributed by atoms with E-state index in [9.17, 15) is 13.2 Å². The van der Waals surface area contributed by atoms with Crippen molar-refractivity contribution in [3.8, 4) is 0 Å². The molecule has 3 aromatic carbocycles. The number of hydrogen-bond acceptors (Lipinski definition) is 4. The molecule has 0 saturated heterocycles. The van der Waals surface area contributed by atoms with Crippen LogP contribution in [0, 0.1) is 0 Å². The maximum absolute atomic E-state index is 13.6. The highest BCUT2D eigenvalue weighted by atomic mass is 32.2. The molecule has 156 valence electrons. The van der Waals surface area contributed by atoms with Crippen molar-refractivity contribution < 1.29 is 17.9 Å². The molecule has 0 radical (unpaired) electrons. The van der Waals surface area contributed by atoms with Crippen molar-refractivity contribution in [2.45, 2.75) is 54.8 Å². The summed E-state index contributed by atoms with van der Waals surface area (Å²) >= 11 is 0. The highest BCUT2D eigenvalue weighted by Crippen LogP contribution is 2.34. The van der Waals surface area contributed by atoms with Crippen LogP contribution in [-0.2, 0) is 19.4 Å². The van der Waals surface area contributed by atoms with Crippen molar-refractivity contribution in [1.82, 2.24) is 0 Å². The van der Waals surface area contributed by atoms with E-state index in [-0.39, 0.29) is 17.4 Å². The molecular formula is C25H26O4S. The SMILES string of the molecule is O=C(CC(c1ccccc1)S(=O)(=O)c1ccc2ccccc2c1)OC1CCCCC1. The zero-order valence-electron chi connectivity index (χ0n) is 16.9. The van der Waals surface area contributed by atoms with Crippen LogP contribution in [0.5, 0.6) is 0 Å². The van der Waals surface area contributed by atoms with Crippen LogP contribution < -0.4 is 0 Å². The van der Waals surface area contributed by atoms with Crippen molar-refractivity contribution in [2.24, 2.45) is 0 Å². The molecular weight excluding hydrogens is 396 g/mol. The molecule has 0 N–H and O–H groups in total. The van der Waals surface area contributed by atoms with Crippen LogP contribution in [0.3, 0.4) is 0 Å². The summed E-state index contributed by atoms with van der Waals surface area (Å²) in [5, 5.41) is 0.857. The lowest BCUT2D eigenvalue weighted by atomic mass is 9.98. The van der Waals surface area contributed by atoms with Gasteiger partial charge in [0.25, 0.3) is 0 Å². The Kier molecular flexibility index (Phi) is 6.18. The molecule has 30 heavy (non-hydrogen) atoms. The van der Waals surface area contributed by atoms with Crippen molar-refractivity contribution >= 4 is 26.6 Å². The third-order valence-corrected chi connectivity index (χ3v) is 7.90. The van der Waals surface area contributed by atoms with E-state index in [1.54, 1.807) is 36.4 Å². The molecule has 0 bridgehead atoms. The molecule has 4 rings (SSSR count). The summed E-state index contributed by atoms with van der Waals surface area (Å²) in [7, 11) is -3.78. The molecule has 0 aliphatic heterocycles. The fraction of sp³-hybridized carbons (Fsp3) is 0.320. The number of benzene rings is 3. The largest absolute Gasteiger partial charge is 0.462 e.